The van der Waals surface area contributed by atoms with Gasteiger partial charge in [0, 0.05) is 23.5 Å². The molecular weight excluding hydrogens is 346 g/mol. The molecular formula is C20H25N3O2S. The molecule has 0 unspecified atom stereocenters. The lowest BCUT2D eigenvalue weighted by molar-refractivity contribution is 0.0955. The fourth-order valence-corrected chi connectivity index (χ4v) is 3.64. The Morgan fingerprint density at radius 2 is 1.85 bits per heavy atom. The van der Waals surface area contributed by atoms with Gasteiger partial charge in [0.2, 0.25) is 0 Å². The highest BCUT2D eigenvalue weighted by Crippen LogP contribution is 2.25. The molecule has 1 amide bonds. The van der Waals surface area contributed by atoms with E-state index in [1.807, 2.05) is 30.3 Å². The van der Waals surface area contributed by atoms with Crippen LogP contribution in [0.15, 0.2) is 41.5 Å². The molecule has 1 aromatic carbocycles. The maximum atomic E-state index is 12.2. The van der Waals surface area contributed by atoms with Crippen LogP contribution >= 0.6 is 11.3 Å². The zero-order valence-electron chi connectivity index (χ0n) is 15.5. The largest absolute Gasteiger partial charge is 0.378 e. The number of carbonyl (C=O) groups is 1. The molecule has 0 aliphatic carbocycles. The minimum atomic E-state index is -0.202. The minimum Gasteiger partial charge on any atom is -0.378 e. The number of benzene rings is 1. The van der Waals surface area contributed by atoms with Crippen molar-refractivity contribution >= 4 is 28.5 Å². The monoisotopic (exact) mass is 371 g/mol. The second-order valence-corrected chi connectivity index (χ2v) is 8.40. The lowest BCUT2D eigenvalue weighted by Gasteiger charge is -2.27. The number of rotatable bonds is 4. The average Bonchev–Trinajstić information content (AvgIpc) is 3.11. The van der Waals surface area contributed by atoms with Gasteiger partial charge in [0.05, 0.1) is 24.4 Å². The topological polar surface area (TPSA) is 53.9 Å². The third-order valence-corrected chi connectivity index (χ3v) is 5.39. The van der Waals surface area contributed by atoms with Crippen LogP contribution in [-0.2, 0) is 10.2 Å². The van der Waals surface area contributed by atoms with E-state index in [0.29, 0.717) is 5.56 Å². The first kappa shape index (κ1) is 18.6. The van der Waals surface area contributed by atoms with E-state index in [0.717, 1.165) is 31.2 Å². The Morgan fingerprint density at radius 1 is 1.15 bits per heavy atom. The summed E-state index contributed by atoms with van der Waals surface area (Å²) >= 11 is 1.66. The molecule has 1 aromatic heterocycles. The first-order chi connectivity index (χ1) is 12.4. The molecule has 26 heavy (non-hydrogen) atoms. The van der Waals surface area contributed by atoms with Gasteiger partial charge in [-0.25, -0.2) is 5.43 Å². The number of thiophene rings is 1. The summed E-state index contributed by atoms with van der Waals surface area (Å²) in [5.41, 5.74) is 4.48. The van der Waals surface area contributed by atoms with Crippen molar-refractivity contribution in [3.8, 4) is 0 Å². The Morgan fingerprint density at radius 3 is 2.50 bits per heavy atom. The van der Waals surface area contributed by atoms with Crippen LogP contribution in [0.25, 0.3) is 0 Å². The van der Waals surface area contributed by atoms with Crippen LogP contribution in [0.3, 0.4) is 0 Å². The first-order valence-corrected chi connectivity index (χ1v) is 9.61. The summed E-state index contributed by atoms with van der Waals surface area (Å²) in [5.74, 6) is -0.202. The van der Waals surface area contributed by atoms with Crippen LogP contribution in [0.5, 0.6) is 0 Å². The summed E-state index contributed by atoms with van der Waals surface area (Å²) in [4.78, 5) is 15.5. The molecule has 3 rings (SSSR count). The molecule has 1 saturated heterocycles. The molecule has 5 nitrogen and oxygen atoms in total. The summed E-state index contributed by atoms with van der Waals surface area (Å²) in [6, 6.07) is 11.8. The predicted molar refractivity (Wildman–Crippen MR) is 108 cm³/mol. The normalized spacial score (nSPS) is 15.4. The van der Waals surface area contributed by atoms with Crippen LogP contribution in [0, 0.1) is 0 Å². The fraction of sp³-hybridized carbons (Fsp3) is 0.400. The summed E-state index contributed by atoms with van der Waals surface area (Å²) < 4.78 is 5.38. The number of hydrazone groups is 1. The number of nitrogens with one attached hydrogen (secondary N) is 1. The Bertz CT molecular complexity index is 769. The van der Waals surface area contributed by atoms with Crippen LogP contribution in [0.2, 0.25) is 0 Å². The summed E-state index contributed by atoms with van der Waals surface area (Å²) in [7, 11) is 0. The van der Waals surface area contributed by atoms with Crippen molar-refractivity contribution in [2.24, 2.45) is 5.10 Å². The van der Waals surface area contributed by atoms with Gasteiger partial charge in [0.25, 0.3) is 5.91 Å². The first-order valence-electron chi connectivity index (χ1n) is 8.80. The van der Waals surface area contributed by atoms with Gasteiger partial charge in [0.1, 0.15) is 0 Å². The Labute approximate surface area is 158 Å². The molecule has 0 radical (unpaired) electrons. The highest BCUT2D eigenvalue weighted by Gasteiger charge is 2.14. The van der Waals surface area contributed by atoms with E-state index in [9.17, 15) is 4.79 Å². The summed E-state index contributed by atoms with van der Waals surface area (Å²) in [5, 5.41) is 5.30. The molecule has 1 aliphatic rings. The van der Waals surface area contributed by atoms with Crippen LogP contribution in [0.1, 0.15) is 41.6 Å². The van der Waals surface area contributed by atoms with Gasteiger partial charge < -0.3 is 9.64 Å². The molecule has 138 valence electrons. The third-order valence-electron chi connectivity index (χ3n) is 4.31. The van der Waals surface area contributed by atoms with Gasteiger partial charge in [-0.2, -0.15) is 5.10 Å². The highest BCUT2D eigenvalue weighted by molar-refractivity contribution is 7.17. The van der Waals surface area contributed by atoms with E-state index < -0.39 is 0 Å². The SMILES string of the molecule is CC(C)(C)c1ccc(C(=O)NN=Cc2ccc(N3CCOCC3)s2)cc1. The number of carbonyl (C=O) groups excluding carboxylic acids is 1. The van der Waals surface area contributed by atoms with Gasteiger partial charge >= 0.3 is 0 Å². The van der Waals surface area contributed by atoms with E-state index in [1.165, 1.54) is 10.6 Å². The number of hydrogen-bond donors (Lipinski definition) is 1. The number of amides is 1. The van der Waals surface area contributed by atoms with Crippen molar-refractivity contribution < 1.29 is 9.53 Å². The third kappa shape index (κ3) is 4.71. The Hall–Kier alpha value is -2.18. The van der Waals surface area contributed by atoms with Crippen molar-refractivity contribution in [1.82, 2.24) is 5.43 Å². The van der Waals surface area contributed by atoms with Crippen molar-refractivity contribution in [1.29, 1.82) is 0 Å². The van der Waals surface area contributed by atoms with Gasteiger partial charge in [-0.3, -0.25) is 4.79 Å². The molecule has 2 heterocycles. The second-order valence-electron chi connectivity index (χ2n) is 7.30. The van der Waals surface area contributed by atoms with Gasteiger partial charge in [-0.1, -0.05) is 32.9 Å². The summed E-state index contributed by atoms with van der Waals surface area (Å²) in [6.45, 7) is 9.82. The standard InChI is InChI=1S/C20H25N3O2S/c1-20(2,3)16-6-4-15(5-7-16)19(24)22-21-14-17-8-9-18(26-17)23-10-12-25-13-11-23/h4-9,14H,10-13H2,1-3H3,(H,22,24). The zero-order valence-corrected chi connectivity index (χ0v) is 16.3. The molecule has 0 atom stereocenters. The molecule has 2 aromatic rings. The van der Waals surface area contributed by atoms with Crippen LogP contribution in [0.4, 0.5) is 5.00 Å². The summed E-state index contributed by atoms with van der Waals surface area (Å²) in [6.07, 6.45) is 1.69. The average molecular weight is 372 g/mol. The molecule has 0 bridgehead atoms. The second kappa shape index (κ2) is 8.01. The smallest absolute Gasteiger partial charge is 0.271 e. The van der Waals surface area contributed by atoms with Crippen molar-refractivity contribution in [3.63, 3.8) is 0 Å². The number of anilines is 1. The zero-order chi connectivity index (χ0) is 18.6. The van der Waals surface area contributed by atoms with Gasteiger partial charge in [-0.05, 0) is 35.2 Å². The van der Waals surface area contributed by atoms with Crippen molar-refractivity contribution in [2.75, 3.05) is 31.2 Å². The molecule has 1 fully saturated rings. The maximum Gasteiger partial charge on any atom is 0.271 e. The molecule has 1 N–H and O–H groups in total. The maximum absolute atomic E-state index is 12.2. The number of hydrogen-bond acceptors (Lipinski definition) is 5. The molecule has 6 heteroatoms. The predicted octanol–water partition coefficient (Wildman–Crippen LogP) is 3.65. The van der Waals surface area contributed by atoms with Gasteiger partial charge in [0.15, 0.2) is 0 Å². The number of morpholine rings is 1. The van der Waals surface area contributed by atoms with Crippen molar-refractivity contribution in [2.45, 2.75) is 26.2 Å². The van der Waals surface area contributed by atoms with Crippen molar-refractivity contribution in [3.05, 3.63) is 52.4 Å². The Kier molecular flexibility index (Phi) is 5.74. The number of ether oxygens (including phenoxy) is 1. The van der Waals surface area contributed by atoms with E-state index in [2.05, 4.69) is 42.3 Å². The minimum absolute atomic E-state index is 0.0739. The van der Waals surface area contributed by atoms with E-state index in [1.54, 1.807) is 17.6 Å². The molecule has 0 spiro atoms. The lowest BCUT2D eigenvalue weighted by atomic mass is 9.87. The van der Waals surface area contributed by atoms with E-state index >= 15 is 0 Å². The lowest BCUT2D eigenvalue weighted by Crippen LogP contribution is -2.35. The number of nitrogens with zero attached hydrogens (tertiary/aromatic N) is 2. The fourth-order valence-electron chi connectivity index (χ4n) is 2.71. The highest BCUT2D eigenvalue weighted by atomic mass is 32.1. The van der Waals surface area contributed by atoms with Gasteiger partial charge in [-0.15, -0.1) is 11.3 Å². The van der Waals surface area contributed by atoms with Crippen LogP contribution < -0.4 is 10.3 Å². The molecule has 0 saturated carbocycles. The van der Waals surface area contributed by atoms with Crippen LogP contribution in [-0.4, -0.2) is 38.4 Å². The van der Waals surface area contributed by atoms with E-state index in [4.69, 9.17) is 4.74 Å². The Balaban J connectivity index is 1.56. The van der Waals surface area contributed by atoms with E-state index in [-0.39, 0.29) is 11.3 Å². The molecule has 1 aliphatic heterocycles. The quantitative estimate of drug-likeness (QED) is 0.659.